The van der Waals surface area contributed by atoms with Crippen LogP contribution >= 0.6 is 11.3 Å². The monoisotopic (exact) mass is 482 g/mol. The van der Waals surface area contributed by atoms with Crippen LogP contribution in [0.2, 0.25) is 0 Å². The molecular formula is C20H30N6O4S2. The predicted molar refractivity (Wildman–Crippen MR) is 123 cm³/mol. The first-order valence-electron chi connectivity index (χ1n) is 10.4. The highest BCUT2D eigenvalue weighted by atomic mass is 32.2. The molecule has 12 heteroatoms. The van der Waals surface area contributed by atoms with Gasteiger partial charge < -0.3 is 9.88 Å². The summed E-state index contributed by atoms with van der Waals surface area (Å²) in [6, 6.07) is 1.94. The largest absolute Gasteiger partial charge is 0.343 e. The summed E-state index contributed by atoms with van der Waals surface area (Å²) in [5.74, 6) is -0.305. The number of nitrogens with zero attached hydrogens (tertiary/aromatic N) is 5. The molecule has 10 nitrogen and oxygen atoms in total. The lowest BCUT2D eigenvalue weighted by atomic mass is 10.1. The maximum absolute atomic E-state index is 13.0. The van der Waals surface area contributed by atoms with E-state index in [0.29, 0.717) is 18.7 Å². The maximum atomic E-state index is 13.0. The maximum Gasteiger partial charge on any atom is 0.272 e. The Morgan fingerprint density at radius 3 is 2.28 bits per heavy atom. The molecule has 1 aliphatic rings. The van der Waals surface area contributed by atoms with E-state index in [2.05, 4.69) is 40.9 Å². The highest BCUT2D eigenvalue weighted by molar-refractivity contribution is 7.91. The standard InChI is InChI=1S/C20H30N6O4S2/c1-13-11-16(14(2)26(13)20(4,5)6)17(28)12-24-7-9-25(10-8-24)32(29,30)19-23-22-18(31-19)21-15(3)27/h11H,7-10,12H2,1-6H3,(H,21,22,27). The lowest BCUT2D eigenvalue weighted by molar-refractivity contribution is -0.114. The summed E-state index contributed by atoms with van der Waals surface area (Å²) in [6.07, 6.45) is 0. The second-order valence-electron chi connectivity index (χ2n) is 8.95. The van der Waals surface area contributed by atoms with Crippen LogP contribution in [0, 0.1) is 13.8 Å². The second kappa shape index (κ2) is 9.00. The fourth-order valence-corrected chi connectivity index (χ4v) is 6.63. The van der Waals surface area contributed by atoms with Gasteiger partial charge in [0.1, 0.15) is 0 Å². The van der Waals surface area contributed by atoms with Gasteiger partial charge >= 0.3 is 0 Å². The molecule has 2 aromatic rings. The summed E-state index contributed by atoms with van der Waals surface area (Å²) in [7, 11) is -3.79. The Morgan fingerprint density at radius 2 is 1.75 bits per heavy atom. The molecule has 0 saturated carbocycles. The molecule has 0 spiro atoms. The third kappa shape index (κ3) is 5.08. The summed E-state index contributed by atoms with van der Waals surface area (Å²) in [6.45, 7) is 13.3. The van der Waals surface area contributed by atoms with Gasteiger partial charge in [-0.2, -0.15) is 4.31 Å². The van der Waals surface area contributed by atoms with Crippen LogP contribution in [0.5, 0.6) is 0 Å². The van der Waals surface area contributed by atoms with Crippen molar-refractivity contribution in [3.05, 3.63) is 23.0 Å². The van der Waals surface area contributed by atoms with E-state index >= 15 is 0 Å². The van der Waals surface area contributed by atoms with Gasteiger partial charge in [0.25, 0.3) is 10.0 Å². The number of hydrogen-bond acceptors (Lipinski definition) is 8. The second-order valence-corrected chi connectivity index (χ2v) is 12.0. The molecule has 0 aliphatic carbocycles. The third-order valence-corrected chi connectivity index (χ3v) is 8.43. The first kappa shape index (κ1) is 24.5. The van der Waals surface area contributed by atoms with E-state index < -0.39 is 10.0 Å². The molecule has 0 radical (unpaired) electrons. The molecular weight excluding hydrogens is 452 g/mol. The van der Waals surface area contributed by atoms with E-state index in [1.54, 1.807) is 0 Å². The van der Waals surface area contributed by atoms with Crippen LogP contribution in [0.4, 0.5) is 5.13 Å². The van der Waals surface area contributed by atoms with Gasteiger partial charge in [0.15, 0.2) is 5.78 Å². The molecule has 1 N–H and O–H groups in total. The van der Waals surface area contributed by atoms with Crippen LogP contribution in [0.1, 0.15) is 49.4 Å². The van der Waals surface area contributed by atoms with E-state index in [-0.39, 0.29) is 46.3 Å². The van der Waals surface area contributed by atoms with Crippen molar-refractivity contribution in [2.24, 2.45) is 0 Å². The van der Waals surface area contributed by atoms with E-state index in [9.17, 15) is 18.0 Å². The first-order valence-corrected chi connectivity index (χ1v) is 12.6. The van der Waals surface area contributed by atoms with Gasteiger partial charge in [-0.1, -0.05) is 11.3 Å². The average Bonchev–Trinajstić information content (AvgIpc) is 3.25. The minimum atomic E-state index is -3.79. The normalized spacial score (nSPS) is 16.3. The van der Waals surface area contributed by atoms with Gasteiger partial charge in [0.05, 0.1) is 6.54 Å². The van der Waals surface area contributed by atoms with Crippen molar-refractivity contribution >= 4 is 38.2 Å². The number of hydrogen-bond donors (Lipinski definition) is 1. The number of aryl methyl sites for hydroxylation is 1. The van der Waals surface area contributed by atoms with Gasteiger partial charge in [-0.05, 0) is 40.7 Å². The Kier molecular flexibility index (Phi) is 6.89. The highest BCUT2D eigenvalue weighted by Gasteiger charge is 2.32. The molecule has 0 unspecified atom stereocenters. The Morgan fingerprint density at radius 1 is 1.12 bits per heavy atom. The molecule has 1 aliphatic heterocycles. The number of anilines is 1. The number of carbonyl (C=O) groups excluding carboxylic acids is 2. The van der Waals surface area contributed by atoms with Crippen molar-refractivity contribution in [2.75, 3.05) is 38.0 Å². The quantitative estimate of drug-likeness (QED) is 0.493. The SMILES string of the molecule is CC(=O)Nc1nnc(S(=O)(=O)N2CCN(CC(=O)c3cc(C)n(C(C)(C)C)c3C)CC2)s1. The lowest BCUT2D eigenvalue weighted by Crippen LogP contribution is -2.49. The molecule has 1 amide bonds. The number of Topliss-reactive ketones (excluding diaryl/α,β-unsaturated/α-hetero) is 1. The third-order valence-electron chi connectivity index (χ3n) is 5.35. The number of ketones is 1. The van der Waals surface area contributed by atoms with E-state index in [0.717, 1.165) is 22.7 Å². The van der Waals surface area contributed by atoms with Crippen molar-refractivity contribution in [3.8, 4) is 0 Å². The molecule has 2 aromatic heterocycles. The van der Waals surface area contributed by atoms with E-state index in [4.69, 9.17) is 0 Å². The van der Waals surface area contributed by atoms with Crippen LogP contribution in [0.15, 0.2) is 10.4 Å². The Bertz CT molecular complexity index is 1120. The Labute approximate surface area is 192 Å². The molecule has 1 saturated heterocycles. The molecule has 0 atom stereocenters. The van der Waals surface area contributed by atoms with Crippen molar-refractivity contribution in [1.82, 2.24) is 24.0 Å². The van der Waals surface area contributed by atoms with Gasteiger partial charge in [-0.15, -0.1) is 10.2 Å². The minimum Gasteiger partial charge on any atom is -0.343 e. The topological polar surface area (TPSA) is 118 Å². The van der Waals surface area contributed by atoms with Crippen molar-refractivity contribution in [2.45, 2.75) is 51.4 Å². The van der Waals surface area contributed by atoms with E-state index in [1.807, 2.05) is 24.8 Å². The number of carbonyl (C=O) groups is 2. The molecule has 176 valence electrons. The fourth-order valence-electron chi connectivity index (χ4n) is 4.12. The smallest absolute Gasteiger partial charge is 0.272 e. The Balaban J connectivity index is 1.63. The first-order chi connectivity index (χ1) is 14.8. The summed E-state index contributed by atoms with van der Waals surface area (Å²) in [5, 5.41) is 10.0. The number of piperazine rings is 1. The zero-order valence-corrected chi connectivity index (χ0v) is 20.9. The van der Waals surface area contributed by atoms with Crippen molar-refractivity contribution in [1.29, 1.82) is 0 Å². The summed E-state index contributed by atoms with van der Waals surface area (Å²) in [4.78, 5) is 26.1. The molecule has 3 rings (SSSR count). The number of rotatable bonds is 6. The minimum absolute atomic E-state index is 0.0361. The molecule has 3 heterocycles. The zero-order chi connectivity index (χ0) is 23.8. The number of aromatic nitrogens is 3. The fraction of sp³-hybridized carbons (Fsp3) is 0.600. The summed E-state index contributed by atoms with van der Waals surface area (Å²) in [5.41, 5.74) is 2.60. The van der Waals surface area contributed by atoms with Gasteiger partial charge in [0.2, 0.25) is 15.4 Å². The molecule has 0 aromatic carbocycles. The van der Waals surface area contributed by atoms with Crippen LogP contribution in [-0.4, -0.2) is 76.8 Å². The summed E-state index contributed by atoms with van der Waals surface area (Å²) >= 11 is 0.824. The van der Waals surface area contributed by atoms with E-state index in [1.165, 1.54) is 11.2 Å². The average molecular weight is 483 g/mol. The van der Waals surface area contributed by atoms with Crippen molar-refractivity contribution < 1.29 is 18.0 Å². The molecule has 1 fully saturated rings. The van der Waals surface area contributed by atoms with Crippen LogP contribution in [0.3, 0.4) is 0 Å². The summed E-state index contributed by atoms with van der Waals surface area (Å²) < 4.78 is 29.1. The number of amides is 1. The van der Waals surface area contributed by atoms with Gasteiger partial charge in [-0.3, -0.25) is 14.5 Å². The van der Waals surface area contributed by atoms with Crippen molar-refractivity contribution in [3.63, 3.8) is 0 Å². The number of sulfonamides is 1. The zero-order valence-electron chi connectivity index (χ0n) is 19.3. The highest BCUT2D eigenvalue weighted by Crippen LogP contribution is 2.26. The lowest BCUT2D eigenvalue weighted by Gasteiger charge is -2.32. The van der Waals surface area contributed by atoms with Crippen LogP contribution in [-0.2, 0) is 20.4 Å². The Hall–Kier alpha value is -2.15. The number of nitrogens with one attached hydrogen (secondary N) is 1. The molecule has 32 heavy (non-hydrogen) atoms. The molecule has 0 bridgehead atoms. The van der Waals surface area contributed by atoms with Gasteiger partial charge in [-0.25, -0.2) is 8.42 Å². The predicted octanol–water partition coefficient (Wildman–Crippen LogP) is 1.86. The van der Waals surface area contributed by atoms with Crippen LogP contribution in [0.25, 0.3) is 0 Å². The van der Waals surface area contributed by atoms with Crippen LogP contribution < -0.4 is 5.32 Å². The van der Waals surface area contributed by atoms with Gasteiger partial charge in [0, 0.05) is 55.6 Å².